The van der Waals surface area contributed by atoms with Crippen LogP contribution in [0.25, 0.3) is 0 Å². The Morgan fingerprint density at radius 2 is 1.85 bits per heavy atom. The van der Waals surface area contributed by atoms with E-state index in [9.17, 15) is 0 Å². The van der Waals surface area contributed by atoms with Crippen LogP contribution in [0.4, 0.5) is 17.3 Å². The van der Waals surface area contributed by atoms with Gasteiger partial charge in [0.05, 0.1) is 0 Å². The summed E-state index contributed by atoms with van der Waals surface area (Å²) < 4.78 is 0. The summed E-state index contributed by atoms with van der Waals surface area (Å²) in [7, 11) is 0. The molecule has 0 aliphatic carbocycles. The van der Waals surface area contributed by atoms with Gasteiger partial charge in [0.1, 0.15) is 17.5 Å². The predicted octanol–water partition coefficient (Wildman–Crippen LogP) is 3.55. The van der Waals surface area contributed by atoms with Crippen LogP contribution < -0.4 is 10.6 Å². The fourth-order valence-electron chi connectivity index (χ4n) is 2.01. The Kier molecular flexibility index (Phi) is 4.16. The second kappa shape index (κ2) is 6.02. The lowest BCUT2D eigenvalue weighted by molar-refractivity contribution is 0.868. The lowest BCUT2D eigenvalue weighted by Crippen LogP contribution is -2.03. The fourth-order valence-corrected chi connectivity index (χ4v) is 2.01. The molecule has 0 spiro atoms. The number of aryl methyl sites for hydroxylation is 1. The SMILES string of the molecule is Cc1nc(NC#N)cc(Nc2ccccc2C(C)C)n1. The topological polar surface area (TPSA) is 73.6 Å². The maximum Gasteiger partial charge on any atom is 0.182 e. The first kappa shape index (κ1) is 13.8. The van der Waals surface area contributed by atoms with Crippen LogP contribution in [0.15, 0.2) is 30.3 Å². The van der Waals surface area contributed by atoms with Crippen molar-refractivity contribution in [3.63, 3.8) is 0 Å². The maximum atomic E-state index is 8.67. The molecule has 102 valence electrons. The van der Waals surface area contributed by atoms with Crippen molar-refractivity contribution in [3.05, 3.63) is 41.7 Å². The van der Waals surface area contributed by atoms with Gasteiger partial charge >= 0.3 is 0 Å². The molecule has 0 radical (unpaired) electrons. The third-order valence-electron chi connectivity index (χ3n) is 2.87. The molecule has 20 heavy (non-hydrogen) atoms. The van der Waals surface area contributed by atoms with E-state index in [0.717, 1.165) is 5.69 Å². The average Bonchev–Trinajstić information content (AvgIpc) is 2.38. The zero-order valence-electron chi connectivity index (χ0n) is 11.8. The molecule has 5 nitrogen and oxygen atoms in total. The van der Waals surface area contributed by atoms with Gasteiger partial charge < -0.3 is 5.32 Å². The van der Waals surface area contributed by atoms with Gasteiger partial charge in [-0.25, -0.2) is 9.97 Å². The molecule has 0 bridgehead atoms. The minimum atomic E-state index is 0.415. The highest BCUT2D eigenvalue weighted by atomic mass is 15.1. The van der Waals surface area contributed by atoms with Crippen molar-refractivity contribution in [1.82, 2.24) is 9.97 Å². The van der Waals surface area contributed by atoms with Gasteiger partial charge in [0.2, 0.25) is 0 Å². The lowest BCUT2D eigenvalue weighted by Gasteiger charge is -2.14. The molecule has 2 rings (SSSR count). The van der Waals surface area contributed by atoms with Crippen LogP contribution in [-0.4, -0.2) is 9.97 Å². The first-order valence-corrected chi connectivity index (χ1v) is 6.47. The predicted molar refractivity (Wildman–Crippen MR) is 79.8 cm³/mol. The van der Waals surface area contributed by atoms with Crippen molar-refractivity contribution in [2.24, 2.45) is 0 Å². The Morgan fingerprint density at radius 3 is 2.55 bits per heavy atom. The van der Waals surface area contributed by atoms with Crippen LogP contribution in [0, 0.1) is 18.4 Å². The first-order chi connectivity index (χ1) is 9.60. The van der Waals surface area contributed by atoms with E-state index in [-0.39, 0.29) is 0 Å². The van der Waals surface area contributed by atoms with Gasteiger partial charge in [-0.15, -0.1) is 0 Å². The molecule has 5 heteroatoms. The van der Waals surface area contributed by atoms with Gasteiger partial charge in [0, 0.05) is 11.8 Å². The number of aromatic nitrogens is 2. The van der Waals surface area contributed by atoms with Gasteiger partial charge in [-0.3, -0.25) is 5.32 Å². The van der Waals surface area contributed by atoms with E-state index in [0.29, 0.717) is 23.4 Å². The molecule has 0 fully saturated rings. The molecular formula is C15H17N5. The van der Waals surface area contributed by atoms with Crippen LogP contribution in [-0.2, 0) is 0 Å². The lowest BCUT2D eigenvalue weighted by atomic mass is 10.0. The largest absolute Gasteiger partial charge is 0.340 e. The molecule has 1 heterocycles. The molecule has 0 aliphatic rings. The Hall–Kier alpha value is -2.61. The van der Waals surface area contributed by atoms with Crippen molar-refractivity contribution in [1.29, 1.82) is 5.26 Å². The highest BCUT2D eigenvalue weighted by molar-refractivity contribution is 5.63. The van der Waals surface area contributed by atoms with Crippen LogP contribution in [0.2, 0.25) is 0 Å². The molecule has 0 atom stereocenters. The Bertz CT molecular complexity index is 643. The minimum Gasteiger partial charge on any atom is -0.340 e. The summed E-state index contributed by atoms with van der Waals surface area (Å²) in [4.78, 5) is 8.48. The van der Waals surface area contributed by atoms with Gasteiger partial charge in [-0.05, 0) is 24.5 Å². The molecule has 0 amide bonds. The number of nitrogens with zero attached hydrogens (tertiary/aromatic N) is 3. The first-order valence-electron chi connectivity index (χ1n) is 6.47. The van der Waals surface area contributed by atoms with Gasteiger partial charge in [-0.1, -0.05) is 32.0 Å². The highest BCUT2D eigenvalue weighted by Crippen LogP contribution is 2.26. The Morgan fingerprint density at radius 1 is 1.15 bits per heavy atom. The second-order valence-corrected chi connectivity index (χ2v) is 4.79. The number of hydrogen-bond acceptors (Lipinski definition) is 5. The van der Waals surface area contributed by atoms with Crippen LogP contribution in [0.3, 0.4) is 0 Å². The third-order valence-corrected chi connectivity index (χ3v) is 2.87. The summed E-state index contributed by atoms with van der Waals surface area (Å²) >= 11 is 0. The van der Waals surface area contributed by atoms with E-state index >= 15 is 0 Å². The van der Waals surface area contributed by atoms with E-state index in [1.165, 1.54) is 5.56 Å². The van der Waals surface area contributed by atoms with Crippen molar-refractivity contribution >= 4 is 17.3 Å². The van der Waals surface area contributed by atoms with E-state index in [1.54, 1.807) is 13.0 Å². The number of benzene rings is 1. The number of anilines is 3. The minimum absolute atomic E-state index is 0.415. The smallest absolute Gasteiger partial charge is 0.182 e. The molecule has 1 aromatic heterocycles. The normalized spacial score (nSPS) is 10.2. The van der Waals surface area contributed by atoms with Gasteiger partial charge in [-0.2, -0.15) is 5.26 Å². The summed E-state index contributed by atoms with van der Waals surface area (Å²) in [5, 5.41) is 14.5. The Balaban J connectivity index is 2.33. The number of para-hydroxylation sites is 1. The second-order valence-electron chi connectivity index (χ2n) is 4.79. The summed E-state index contributed by atoms with van der Waals surface area (Å²) in [6.45, 7) is 6.09. The average molecular weight is 267 g/mol. The van der Waals surface area contributed by atoms with Crippen molar-refractivity contribution in [2.75, 3.05) is 10.6 Å². The number of nitrogens with one attached hydrogen (secondary N) is 2. The molecule has 2 aromatic rings. The maximum absolute atomic E-state index is 8.67. The molecule has 1 aromatic carbocycles. The molecule has 0 saturated heterocycles. The van der Waals surface area contributed by atoms with E-state index < -0.39 is 0 Å². The zero-order chi connectivity index (χ0) is 14.5. The van der Waals surface area contributed by atoms with Crippen molar-refractivity contribution in [3.8, 4) is 6.19 Å². The molecule has 2 N–H and O–H groups in total. The monoisotopic (exact) mass is 267 g/mol. The summed E-state index contributed by atoms with van der Waals surface area (Å²) in [5.41, 5.74) is 2.24. The zero-order valence-corrected chi connectivity index (χ0v) is 11.8. The summed E-state index contributed by atoms with van der Waals surface area (Å²) in [5.74, 6) is 2.18. The molecule has 0 saturated carbocycles. The Labute approximate surface area is 118 Å². The number of nitriles is 1. The van der Waals surface area contributed by atoms with Crippen molar-refractivity contribution in [2.45, 2.75) is 26.7 Å². The third kappa shape index (κ3) is 3.23. The highest BCUT2D eigenvalue weighted by Gasteiger charge is 2.08. The number of hydrogen-bond donors (Lipinski definition) is 2. The van der Waals surface area contributed by atoms with E-state index in [2.05, 4.69) is 40.5 Å². The summed E-state index contributed by atoms with van der Waals surface area (Å²) in [6.07, 6.45) is 1.86. The van der Waals surface area contributed by atoms with Crippen LogP contribution in [0.5, 0.6) is 0 Å². The quantitative estimate of drug-likeness (QED) is 0.654. The standard InChI is InChI=1S/C15H17N5/c1-10(2)12-6-4-5-7-13(12)20-15-8-14(17-9-16)18-11(3)19-15/h4-8,10H,1-3H3,(H2,17,18,19,20). The fraction of sp³-hybridized carbons (Fsp3) is 0.267. The number of rotatable bonds is 4. The molecule has 0 unspecified atom stereocenters. The van der Waals surface area contributed by atoms with Crippen molar-refractivity contribution < 1.29 is 0 Å². The molecule has 0 aliphatic heterocycles. The van der Waals surface area contributed by atoms with E-state index in [4.69, 9.17) is 5.26 Å². The van der Waals surface area contributed by atoms with Gasteiger partial charge in [0.25, 0.3) is 0 Å². The van der Waals surface area contributed by atoms with Gasteiger partial charge in [0.15, 0.2) is 6.19 Å². The van der Waals surface area contributed by atoms with E-state index in [1.807, 2.05) is 24.4 Å². The molecular weight excluding hydrogens is 250 g/mol. The summed E-state index contributed by atoms with van der Waals surface area (Å²) in [6, 6.07) is 9.83. The van der Waals surface area contributed by atoms with Crippen LogP contribution >= 0.6 is 0 Å². The van der Waals surface area contributed by atoms with Crippen LogP contribution in [0.1, 0.15) is 31.2 Å².